The van der Waals surface area contributed by atoms with Crippen molar-refractivity contribution in [2.24, 2.45) is 0 Å². The van der Waals surface area contributed by atoms with Gasteiger partial charge < -0.3 is 4.98 Å². The van der Waals surface area contributed by atoms with Crippen LogP contribution in [0.5, 0.6) is 0 Å². The van der Waals surface area contributed by atoms with E-state index in [1.54, 1.807) is 0 Å². The van der Waals surface area contributed by atoms with Gasteiger partial charge in [0, 0.05) is 21.8 Å². The van der Waals surface area contributed by atoms with E-state index in [2.05, 4.69) is 151 Å². The van der Waals surface area contributed by atoms with Gasteiger partial charge in [0.25, 0.3) is 0 Å². The Bertz CT molecular complexity index is 2540. The van der Waals surface area contributed by atoms with Crippen molar-refractivity contribution in [2.75, 3.05) is 0 Å². The molecule has 0 unspecified atom stereocenters. The molecule has 7 aromatic carbocycles. The maximum atomic E-state index is 3.63. The van der Waals surface area contributed by atoms with Crippen LogP contribution in [0.2, 0.25) is 0 Å². The number of nitrogens with one attached hydrogen (secondary N) is 1. The predicted octanol–water partition coefficient (Wildman–Crippen LogP) is 10.9. The molecule has 8 aromatic rings. The highest BCUT2D eigenvalue weighted by molar-refractivity contribution is 6.39. The van der Waals surface area contributed by atoms with Crippen molar-refractivity contribution in [1.82, 2.24) is 4.98 Å². The summed E-state index contributed by atoms with van der Waals surface area (Å²) in [7, 11) is 0. The van der Waals surface area contributed by atoms with E-state index < -0.39 is 0 Å². The lowest BCUT2D eigenvalue weighted by Crippen LogP contribution is -1.94. The Morgan fingerprint density at radius 2 is 0.860 bits per heavy atom. The summed E-state index contributed by atoms with van der Waals surface area (Å²) in [4.78, 5) is 3.63. The summed E-state index contributed by atoms with van der Waals surface area (Å²) >= 11 is 0. The highest BCUT2D eigenvalue weighted by Crippen LogP contribution is 2.61. The van der Waals surface area contributed by atoms with E-state index in [1.165, 1.54) is 99.0 Å². The van der Waals surface area contributed by atoms with E-state index in [0.717, 1.165) is 0 Å². The highest BCUT2D eigenvalue weighted by atomic mass is 14.7. The summed E-state index contributed by atoms with van der Waals surface area (Å²) in [6, 6.07) is 53.6. The average Bonchev–Trinajstić information content (AvgIpc) is 3.72. The quantitative estimate of drug-likeness (QED) is 0.223. The molecule has 0 amide bonds. The monoisotopic (exact) mass is 543 g/mol. The van der Waals surface area contributed by atoms with Crippen molar-refractivity contribution in [3.63, 3.8) is 0 Å². The molecule has 10 rings (SSSR count). The van der Waals surface area contributed by atoms with Gasteiger partial charge in [0.1, 0.15) is 0 Å². The van der Waals surface area contributed by atoms with Gasteiger partial charge in [-0.3, -0.25) is 0 Å². The van der Waals surface area contributed by atoms with Crippen molar-refractivity contribution in [3.8, 4) is 0 Å². The first-order chi connectivity index (χ1) is 21.3. The summed E-state index contributed by atoms with van der Waals surface area (Å²) < 4.78 is 0. The molecule has 0 saturated carbocycles. The van der Waals surface area contributed by atoms with Crippen LogP contribution in [-0.2, 0) is 0 Å². The molecule has 0 radical (unpaired) electrons. The third-order valence-electron chi connectivity index (χ3n) is 9.50. The molecule has 1 aromatic heterocycles. The van der Waals surface area contributed by atoms with Crippen LogP contribution in [-0.4, -0.2) is 4.98 Å². The van der Waals surface area contributed by atoms with Crippen LogP contribution >= 0.6 is 0 Å². The second kappa shape index (κ2) is 8.44. The first kappa shape index (κ1) is 23.0. The third-order valence-corrected chi connectivity index (χ3v) is 9.50. The van der Waals surface area contributed by atoms with Crippen LogP contribution in [0.3, 0.4) is 0 Å². The molecule has 198 valence electrons. The first-order valence-corrected chi connectivity index (χ1v) is 15.0. The Labute approximate surface area is 249 Å². The summed E-state index contributed by atoms with van der Waals surface area (Å²) in [5.74, 6) is 0. The zero-order valence-corrected chi connectivity index (χ0v) is 23.4. The molecule has 2 aliphatic rings. The third kappa shape index (κ3) is 3.06. The van der Waals surface area contributed by atoms with Gasteiger partial charge in [-0.05, 0) is 95.4 Å². The maximum Gasteiger partial charge on any atom is 0.0465 e. The number of para-hydroxylation sites is 1. The number of aromatic amines is 1. The fourth-order valence-electron chi connectivity index (χ4n) is 7.73. The molecule has 43 heavy (non-hydrogen) atoms. The second-order valence-corrected chi connectivity index (χ2v) is 11.7. The van der Waals surface area contributed by atoms with E-state index in [-0.39, 0.29) is 0 Å². The van der Waals surface area contributed by atoms with Crippen molar-refractivity contribution in [2.45, 2.75) is 0 Å². The minimum atomic E-state index is 1.17. The van der Waals surface area contributed by atoms with Gasteiger partial charge in [0.05, 0.1) is 0 Å². The van der Waals surface area contributed by atoms with E-state index >= 15 is 0 Å². The van der Waals surface area contributed by atoms with Gasteiger partial charge >= 0.3 is 0 Å². The molecular weight excluding hydrogens is 518 g/mol. The summed E-state index contributed by atoms with van der Waals surface area (Å²) in [5, 5.41) is 7.69. The molecule has 1 nitrogen and oxygen atoms in total. The Balaban J connectivity index is 1.41. The Morgan fingerprint density at radius 3 is 1.53 bits per heavy atom. The lowest BCUT2D eigenvalue weighted by atomic mass is 9.88. The molecular formula is C42H25N. The van der Waals surface area contributed by atoms with Crippen molar-refractivity contribution in [1.29, 1.82) is 0 Å². The number of rotatable bonds is 2. The fourth-order valence-corrected chi connectivity index (χ4v) is 7.73. The number of hydrogen-bond donors (Lipinski definition) is 1. The number of benzene rings is 7. The van der Waals surface area contributed by atoms with Gasteiger partial charge in [-0.1, -0.05) is 127 Å². The predicted molar refractivity (Wildman–Crippen MR) is 182 cm³/mol. The maximum absolute atomic E-state index is 3.63. The molecule has 1 N–H and O–H groups in total. The Kier molecular flexibility index (Phi) is 4.51. The van der Waals surface area contributed by atoms with E-state index in [0.29, 0.717) is 0 Å². The lowest BCUT2D eigenvalue weighted by molar-refractivity contribution is 1.53. The van der Waals surface area contributed by atoms with Gasteiger partial charge in [0.2, 0.25) is 0 Å². The Hall–Kier alpha value is -5.66. The van der Waals surface area contributed by atoms with E-state index in [4.69, 9.17) is 0 Å². The Morgan fingerprint density at radius 1 is 0.326 bits per heavy atom. The SMILES string of the molecule is c1ccc(C2=C3C(=C(c4ccc5[nH]c6ccccc6c5c4)c4ccc5ccccc5c43)c3c2ccc2ccccc32)cc1. The van der Waals surface area contributed by atoms with Crippen LogP contribution in [0, 0.1) is 0 Å². The summed E-state index contributed by atoms with van der Waals surface area (Å²) in [6.45, 7) is 0. The first-order valence-electron chi connectivity index (χ1n) is 15.0. The molecule has 0 spiro atoms. The second-order valence-electron chi connectivity index (χ2n) is 11.7. The zero-order chi connectivity index (χ0) is 28.1. The van der Waals surface area contributed by atoms with Crippen molar-refractivity contribution in [3.05, 3.63) is 179 Å². The molecule has 1 heterocycles. The molecule has 0 atom stereocenters. The summed E-state index contributed by atoms with van der Waals surface area (Å²) in [6.07, 6.45) is 0. The number of aromatic nitrogens is 1. The van der Waals surface area contributed by atoms with Crippen molar-refractivity contribution >= 4 is 65.6 Å². The van der Waals surface area contributed by atoms with Crippen LogP contribution in [0.1, 0.15) is 33.4 Å². The van der Waals surface area contributed by atoms with E-state index in [1.807, 2.05) is 0 Å². The molecule has 0 bridgehead atoms. The average molecular weight is 544 g/mol. The van der Waals surface area contributed by atoms with Crippen LogP contribution in [0.15, 0.2) is 146 Å². The number of fused-ring (bicyclic) bond motifs is 12. The highest BCUT2D eigenvalue weighted by Gasteiger charge is 2.39. The number of allylic oxidation sites excluding steroid dienone is 2. The van der Waals surface area contributed by atoms with Crippen LogP contribution in [0.4, 0.5) is 0 Å². The van der Waals surface area contributed by atoms with Crippen molar-refractivity contribution < 1.29 is 0 Å². The normalized spacial score (nSPS) is 13.9. The van der Waals surface area contributed by atoms with Crippen LogP contribution < -0.4 is 0 Å². The van der Waals surface area contributed by atoms with Gasteiger partial charge in [-0.15, -0.1) is 0 Å². The zero-order valence-electron chi connectivity index (χ0n) is 23.4. The minimum absolute atomic E-state index is 1.17. The van der Waals surface area contributed by atoms with Gasteiger partial charge in [0.15, 0.2) is 0 Å². The standard InChI is InChI=1S/C42H25N/c1-2-12-27(13-3-1)37-32-21-18-25-10-4-6-14-29(25)39(32)42-38(33-22-19-26-11-5-7-15-30(26)40(33)41(37)42)28-20-23-36-34(24-28)31-16-8-9-17-35(31)43-36/h1-24,43H. The molecule has 0 saturated heterocycles. The lowest BCUT2D eigenvalue weighted by Gasteiger charge is -2.15. The smallest absolute Gasteiger partial charge is 0.0465 e. The number of hydrogen-bond acceptors (Lipinski definition) is 0. The van der Waals surface area contributed by atoms with E-state index in [9.17, 15) is 0 Å². The summed E-state index contributed by atoms with van der Waals surface area (Å²) in [5.41, 5.74) is 15.6. The topological polar surface area (TPSA) is 15.8 Å². The molecule has 0 fully saturated rings. The minimum Gasteiger partial charge on any atom is -0.355 e. The fraction of sp³-hybridized carbons (Fsp3) is 0. The molecule has 2 aliphatic carbocycles. The van der Waals surface area contributed by atoms with Gasteiger partial charge in [-0.25, -0.2) is 0 Å². The molecule has 1 heteroatoms. The molecule has 0 aliphatic heterocycles. The van der Waals surface area contributed by atoms with Gasteiger partial charge in [-0.2, -0.15) is 0 Å². The number of H-pyrrole nitrogens is 1. The largest absolute Gasteiger partial charge is 0.355 e. The van der Waals surface area contributed by atoms with Crippen LogP contribution in [0.25, 0.3) is 65.6 Å².